The van der Waals surface area contributed by atoms with Gasteiger partial charge >= 0.3 is 5.97 Å². The molecule has 3 nitrogen and oxygen atoms in total. The van der Waals surface area contributed by atoms with Crippen molar-refractivity contribution < 1.29 is 9.90 Å². The van der Waals surface area contributed by atoms with Crippen molar-refractivity contribution in [3.63, 3.8) is 0 Å². The largest absolute Gasteiger partial charge is 0.478 e. The summed E-state index contributed by atoms with van der Waals surface area (Å²) in [5.41, 5.74) is 9.38. The summed E-state index contributed by atoms with van der Waals surface area (Å²) in [6, 6.07) is 12.7. The number of carboxylic acids is 1. The summed E-state index contributed by atoms with van der Waals surface area (Å²) in [6.07, 6.45) is 0. The molecule has 0 aliphatic rings. The molecule has 3 heteroatoms. The first kappa shape index (κ1) is 13.1. The average Bonchev–Trinajstić information content (AvgIpc) is 2.38. The van der Waals surface area contributed by atoms with Crippen molar-refractivity contribution >= 4 is 11.7 Å². The van der Waals surface area contributed by atoms with Gasteiger partial charge in [0, 0.05) is 5.69 Å². The van der Waals surface area contributed by atoms with Crippen molar-refractivity contribution in [2.24, 2.45) is 0 Å². The quantitative estimate of drug-likeness (QED) is 0.821. The molecule has 0 radical (unpaired) electrons. The first-order valence-electron chi connectivity index (χ1n) is 6.23. The Bertz CT molecular complexity index is 601. The van der Waals surface area contributed by atoms with E-state index in [9.17, 15) is 9.90 Å². The van der Waals surface area contributed by atoms with Gasteiger partial charge in [-0.1, -0.05) is 38.1 Å². The van der Waals surface area contributed by atoms with E-state index in [1.165, 1.54) is 0 Å². The molecule has 0 spiro atoms. The lowest BCUT2D eigenvalue weighted by Crippen LogP contribution is -2.04. The fraction of sp³-hybridized carbons (Fsp3) is 0.188. The zero-order valence-corrected chi connectivity index (χ0v) is 11.1. The Hall–Kier alpha value is -2.29. The highest BCUT2D eigenvalue weighted by atomic mass is 16.4. The Morgan fingerprint density at radius 1 is 1.11 bits per heavy atom. The number of rotatable bonds is 3. The van der Waals surface area contributed by atoms with Gasteiger partial charge in [0.1, 0.15) is 0 Å². The zero-order valence-electron chi connectivity index (χ0n) is 11.1. The van der Waals surface area contributed by atoms with Gasteiger partial charge in [0.25, 0.3) is 0 Å². The minimum absolute atomic E-state index is 0.256. The molecule has 0 aromatic heterocycles. The Balaban J connectivity index is 2.71. The van der Waals surface area contributed by atoms with Crippen LogP contribution in [0.25, 0.3) is 11.1 Å². The Labute approximate surface area is 112 Å². The molecule has 2 rings (SSSR count). The fourth-order valence-corrected chi connectivity index (χ4v) is 2.20. The van der Waals surface area contributed by atoms with Crippen LogP contribution in [-0.2, 0) is 0 Å². The number of carbonyl (C=O) groups is 1. The number of nitrogens with two attached hydrogens (primary N) is 1. The number of aromatic carboxylic acids is 1. The number of hydrogen-bond acceptors (Lipinski definition) is 2. The molecule has 98 valence electrons. The van der Waals surface area contributed by atoms with E-state index in [0.29, 0.717) is 11.3 Å². The van der Waals surface area contributed by atoms with Crippen molar-refractivity contribution in [3.8, 4) is 11.1 Å². The van der Waals surface area contributed by atoms with Crippen LogP contribution in [0.4, 0.5) is 5.69 Å². The Kier molecular flexibility index (Phi) is 3.56. The standard InChI is InChI=1S/C16H17NO2/c1-10(2)13-4-3-5-14(16(18)19)15(13)11-6-8-12(17)9-7-11/h3-10H,17H2,1-2H3,(H,18,19). The van der Waals surface area contributed by atoms with Crippen LogP contribution < -0.4 is 5.73 Å². The van der Waals surface area contributed by atoms with Gasteiger partial charge in [-0.05, 0) is 40.8 Å². The molecule has 0 atom stereocenters. The zero-order chi connectivity index (χ0) is 14.0. The molecule has 0 heterocycles. The van der Waals surface area contributed by atoms with Gasteiger partial charge in [-0.25, -0.2) is 4.79 Å². The van der Waals surface area contributed by atoms with Crippen molar-refractivity contribution in [1.29, 1.82) is 0 Å². The van der Waals surface area contributed by atoms with E-state index in [1.54, 1.807) is 24.3 Å². The summed E-state index contributed by atoms with van der Waals surface area (Å²) in [7, 11) is 0. The molecule has 19 heavy (non-hydrogen) atoms. The van der Waals surface area contributed by atoms with Gasteiger partial charge in [0.05, 0.1) is 5.56 Å². The highest BCUT2D eigenvalue weighted by Crippen LogP contribution is 2.32. The molecule has 0 fully saturated rings. The molecule has 0 aliphatic heterocycles. The summed E-state index contributed by atoms with van der Waals surface area (Å²) in [6.45, 7) is 4.11. The van der Waals surface area contributed by atoms with E-state index in [0.717, 1.165) is 16.7 Å². The van der Waals surface area contributed by atoms with Crippen molar-refractivity contribution in [2.75, 3.05) is 5.73 Å². The number of nitrogen functional groups attached to an aromatic ring is 1. The molecule has 2 aromatic rings. The van der Waals surface area contributed by atoms with Crippen molar-refractivity contribution in [2.45, 2.75) is 19.8 Å². The van der Waals surface area contributed by atoms with Crippen LogP contribution in [0, 0.1) is 0 Å². The second-order valence-corrected chi connectivity index (χ2v) is 4.85. The van der Waals surface area contributed by atoms with Gasteiger partial charge in [-0.3, -0.25) is 0 Å². The highest BCUT2D eigenvalue weighted by Gasteiger charge is 2.17. The Morgan fingerprint density at radius 3 is 2.26 bits per heavy atom. The first-order chi connectivity index (χ1) is 9.00. The average molecular weight is 255 g/mol. The van der Waals surface area contributed by atoms with Gasteiger partial charge < -0.3 is 10.8 Å². The summed E-state index contributed by atoms with van der Waals surface area (Å²) >= 11 is 0. The Morgan fingerprint density at radius 2 is 1.74 bits per heavy atom. The van der Waals surface area contributed by atoms with Crippen LogP contribution in [0.15, 0.2) is 42.5 Å². The van der Waals surface area contributed by atoms with Gasteiger partial charge in [0.15, 0.2) is 0 Å². The van der Waals surface area contributed by atoms with E-state index in [-0.39, 0.29) is 5.92 Å². The molecule has 0 aliphatic carbocycles. The van der Waals surface area contributed by atoms with Gasteiger partial charge in [-0.15, -0.1) is 0 Å². The number of carboxylic acid groups (broad SMARTS) is 1. The van der Waals surface area contributed by atoms with E-state index >= 15 is 0 Å². The predicted octanol–water partition coefficient (Wildman–Crippen LogP) is 3.76. The van der Waals surface area contributed by atoms with Crippen molar-refractivity contribution in [1.82, 2.24) is 0 Å². The molecule has 0 unspecified atom stereocenters. The number of hydrogen-bond donors (Lipinski definition) is 2. The fourth-order valence-electron chi connectivity index (χ4n) is 2.20. The summed E-state index contributed by atoms with van der Waals surface area (Å²) in [4.78, 5) is 11.4. The van der Waals surface area contributed by atoms with Gasteiger partial charge in [-0.2, -0.15) is 0 Å². The van der Waals surface area contributed by atoms with Crippen molar-refractivity contribution in [3.05, 3.63) is 53.6 Å². The molecule has 3 N–H and O–H groups in total. The first-order valence-corrected chi connectivity index (χ1v) is 6.23. The molecule has 0 saturated carbocycles. The molecule has 2 aromatic carbocycles. The normalized spacial score (nSPS) is 10.7. The van der Waals surface area contributed by atoms with Gasteiger partial charge in [0.2, 0.25) is 0 Å². The minimum atomic E-state index is -0.908. The summed E-state index contributed by atoms with van der Waals surface area (Å²) in [5.74, 6) is -0.652. The molecular weight excluding hydrogens is 238 g/mol. The van der Waals surface area contributed by atoms with Crippen LogP contribution in [0.3, 0.4) is 0 Å². The molecular formula is C16H17NO2. The van der Waals surface area contributed by atoms with E-state index < -0.39 is 5.97 Å². The lowest BCUT2D eigenvalue weighted by Gasteiger charge is -2.15. The number of benzene rings is 2. The van der Waals surface area contributed by atoms with Crippen LogP contribution in [0.5, 0.6) is 0 Å². The van der Waals surface area contributed by atoms with Crippen LogP contribution >= 0.6 is 0 Å². The predicted molar refractivity (Wildman–Crippen MR) is 77.3 cm³/mol. The topological polar surface area (TPSA) is 63.3 Å². The third-order valence-electron chi connectivity index (χ3n) is 3.15. The monoisotopic (exact) mass is 255 g/mol. The van der Waals surface area contributed by atoms with E-state index in [1.807, 2.05) is 18.2 Å². The third-order valence-corrected chi connectivity index (χ3v) is 3.15. The second kappa shape index (κ2) is 5.14. The lowest BCUT2D eigenvalue weighted by molar-refractivity contribution is 0.0697. The van der Waals surface area contributed by atoms with Crippen LogP contribution in [-0.4, -0.2) is 11.1 Å². The SMILES string of the molecule is CC(C)c1cccc(C(=O)O)c1-c1ccc(N)cc1. The molecule has 0 bridgehead atoms. The maximum Gasteiger partial charge on any atom is 0.336 e. The molecule has 0 amide bonds. The summed E-state index contributed by atoms with van der Waals surface area (Å²) in [5, 5.41) is 9.36. The van der Waals surface area contributed by atoms with E-state index in [4.69, 9.17) is 5.73 Å². The maximum absolute atomic E-state index is 11.4. The molecule has 0 saturated heterocycles. The maximum atomic E-state index is 11.4. The summed E-state index contributed by atoms with van der Waals surface area (Å²) < 4.78 is 0. The third kappa shape index (κ3) is 2.60. The van der Waals surface area contributed by atoms with Crippen LogP contribution in [0.2, 0.25) is 0 Å². The highest BCUT2D eigenvalue weighted by molar-refractivity contribution is 5.97. The minimum Gasteiger partial charge on any atom is -0.478 e. The lowest BCUT2D eigenvalue weighted by atomic mass is 9.89. The smallest absolute Gasteiger partial charge is 0.336 e. The second-order valence-electron chi connectivity index (χ2n) is 4.85. The van der Waals surface area contributed by atoms with E-state index in [2.05, 4.69) is 13.8 Å². The van der Waals surface area contributed by atoms with Crippen LogP contribution in [0.1, 0.15) is 35.7 Å². The number of anilines is 1.